The van der Waals surface area contributed by atoms with E-state index in [9.17, 15) is 4.79 Å². The van der Waals surface area contributed by atoms with E-state index in [0.29, 0.717) is 38.7 Å². The summed E-state index contributed by atoms with van der Waals surface area (Å²) in [5.41, 5.74) is 4.23. The van der Waals surface area contributed by atoms with Gasteiger partial charge in [-0.3, -0.25) is 9.48 Å². The molecule has 172 valence electrons. The van der Waals surface area contributed by atoms with Crippen LogP contribution in [-0.4, -0.2) is 60.9 Å². The Morgan fingerprint density at radius 2 is 2.09 bits per heavy atom. The van der Waals surface area contributed by atoms with Gasteiger partial charge in [-0.05, 0) is 32.6 Å². The molecule has 1 saturated carbocycles. The van der Waals surface area contributed by atoms with E-state index in [1.54, 1.807) is 0 Å². The fourth-order valence-electron chi connectivity index (χ4n) is 5.71. The van der Waals surface area contributed by atoms with E-state index < -0.39 is 0 Å². The van der Waals surface area contributed by atoms with E-state index in [4.69, 9.17) is 23.7 Å². The molecule has 6 rings (SSSR count). The van der Waals surface area contributed by atoms with Crippen molar-refractivity contribution < 1.29 is 23.4 Å². The molecular formula is C24H31N3O5. The summed E-state index contributed by atoms with van der Waals surface area (Å²) in [6.07, 6.45) is 8.69. The van der Waals surface area contributed by atoms with Crippen LogP contribution in [0.4, 0.5) is 0 Å². The van der Waals surface area contributed by atoms with Crippen molar-refractivity contribution in [1.29, 1.82) is 0 Å². The third-order valence-corrected chi connectivity index (χ3v) is 7.60. The van der Waals surface area contributed by atoms with Gasteiger partial charge in [0, 0.05) is 47.9 Å². The molecule has 3 fully saturated rings. The predicted molar refractivity (Wildman–Crippen MR) is 116 cm³/mol. The van der Waals surface area contributed by atoms with Crippen LogP contribution >= 0.6 is 0 Å². The minimum Gasteiger partial charge on any atom is -0.455 e. The Hall–Kier alpha value is -2.16. The summed E-state index contributed by atoms with van der Waals surface area (Å²) in [5.74, 6) is 1.15. The summed E-state index contributed by atoms with van der Waals surface area (Å²) in [5, 5.41) is 7.98. The maximum atomic E-state index is 12.9. The van der Waals surface area contributed by atoms with Crippen LogP contribution in [0.5, 0.6) is 0 Å². The number of rotatable bonds is 5. The fourth-order valence-corrected chi connectivity index (χ4v) is 5.71. The second-order valence-electron chi connectivity index (χ2n) is 9.69. The maximum absolute atomic E-state index is 12.9. The summed E-state index contributed by atoms with van der Waals surface area (Å²) in [4.78, 5) is 12.9. The number of nitrogens with one attached hydrogen (secondary N) is 1. The normalized spacial score (nSPS) is 25.9. The van der Waals surface area contributed by atoms with Crippen LogP contribution in [0, 0.1) is 6.92 Å². The molecule has 0 unspecified atom stereocenters. The molecule has 1 N–H and O–H groups in total. The van der Waals surface area contributed by atoms with Crippen molar-refractivity contribution in [3.63, 3.8) is 0 Å². The molecular weight excluding hydrogens is 410 g/mol. The summed E-state index contributed by atoms with van der Waals surface area (Å²) < 4.78 is 25.2. The molecule has 1 spiro atoms. The lowest BCUT2D eigenvalue weighted by molar-refractivity contribution is -0.0946. The van der Waals surface area contributed by atoms with E-state index in [-0.39, 0.29) is 23.5 Å². The van der Waals surface area contributed by atoms with Crippen molar-refractivity contribution in [3.8, 4) is 11.3 Å². The first kappa shape index (κ1) is 20.4. The van der Waals surface area contributed by atoms with E-state index >= 15 is 0 Å². The van der Waals surface area contributed by atoms with Crippen molar-refractivity contribution in [1.82, 2.24) is 15.1 Å². The highest BCUT2D eigenvalue weighted by atomic mass is 16.6. The average molecular weight is 442 g/mol. The van der Waals surface area contributed by atoms with Crippen LogP contribution in [0.3, 0.4) is 0 Å². The van der Waals surface area contributed by atoms with Crippen molar-refractivity contribution in [3.05, 3.63) is 28.8 Å². The summed E-state index contributed by atoms with van der Waals surface area (Å²) >= 11 is 0. The van der Waals surface area contributed by atoms with Crippen molar-refractivity contribution >= 4 is 5.91 Å². The molecule has 2 saturated heterocycles. The first-order valence-electron chi connectivity index (χ1n) is 11.9. The van der Waals surface area contributed by atoms with Crippen LogP contribution in [-0.2, 0) is 32.6 Å². The first-order chi connectivity index (χ1) is 15.6. The molecule has 32 heavy (non-hydrogen) atoms. The van der Waals surface area contributed by atoms with Gasteiger partial charge in [0.25, 0.3) is 5.91 Å². The maximum Gasteiger partial charge on any atom is 0.287 e. The molecule has 8 nitrogen and oxygen atoms in total. The van der Waals surface area contributed by atoms with Gasteiger partial charge in [0.2, 0.25) is 0 Å². The zero-order chi connectivity index (χ0) is 21.7. The van der Waals surface area contributed by atoms with E-state index in [1.165, 1.54) is 12.0 Å². The fraction of sp³-hybridized carbons (Fsp3) is 0.667. The van der Waals surface area contributed by atoms with Gasteiger partial charge >= 0.3 is 0 Å². The highest BCUT2D eigenvalue weighted by Gasteiger charge is 2.48. The molecule has 2 atom stereocenters. The van der Waals surface area contributed by atoms with Gasteiger partial charge in [-0.2, -0.15) is 5.10 Å². The molecule has 1 amide bonds. The third kappa shape index (κ3) is 3.40. The van der Waals surface area contributed by atoms with Gasteiger partial charge in [0.15, 0.2) is 5.76 Å². The highest BCUT2D eigenvalue weighted by Crippen LogP contribution is 2.54. The van der Waals surface area contributed by atoms with Crippen LogP contribution in [0.25, 0.3) is 11.3 Å². The minimum atomic E-state index is -0.163. The molecule has 0 aromatic carbocycles. The van der Waals surface area contributed by atoms with Gasteiger partial charge in [-0.1, -0.05) is 6.42 Å². The molecule has 2 aromatic rings. The summed E-state index contributed by atoms with van der Waals surface area (Å²) in [7, 11) is 0. The number of hydrogen-bond donors (Lipinski definition) is 1. The molecule has 2 aromatic heterocycles. The monoisotopic (exact) mass is 441 g/mol. The highest BCUT2D eigenvalue weighted by molar-refractivity contribution is 5.95. The second kappa shape index (κ2) is 8.01. The largest absolute Gasteiger partial charge is 0.455 e. The Morgan fingerprint density at radius 1 is 1.22 bits per heavy atom. The van der Waals surface area contributed by atoms with Crippen LogP contribution in [0.2, 0.25) is 0 Å². The Balaban J connectivity index is 1.29. The third-order valence-electron chi connectivity index (χ3n) is 7.60. The summed E-state index contributed by atoms with van der Waals surface area (Å²) in [6.45, 7) is 5.83. The number of carbonyl (C=O) groups is 1. The number of aromatic nitrogens is 2. The number of fused-ring (bicyclic) bond motifs is 4. The number of ether oxygens (including phenoxy) is 3. The van der Waals surface area contributed by atoms with Crippen molar-refractivity contribution in [2.24, 2.45) is 0 Å². The van der Waals surface area contributed by atoms with Gasteiger partial charge < -0.3 is 23.9 Å². The van der Waals surface area contributed by atoms with E-state index in [2.05, 4.69) is 11.5 Å². The standard InChI is InChI=1S/C24H31N3O5/c1-15-20-19(32-22(15)23(28)25-11-16-4-2-7-30-16)10-24(5-3-6-24)18-13-27(26-21(18)20)12-17-14-29-8-9-31-17/h13,16-17H,2-12,14H2,1H3,(H,25,28)/t16-,17-/m0/s1. The Kier molecular flexibility index (Phi) is 5.12. The second-order valence-corrected chi connectivity index (χ2v) is 9.69. The lowest BCUT2D eigenvalue weighted by Gasteiger charge is -2.43. The number of nitrogens with zero attached hydrogens (tertiary/aromatic N) is 2. The predicted octanol–water partition coefficient (Wildman–Crippen LogP) is 2.75. The zero-order valence-corrected chi connectivity index (χ0v) is 18.7. The Bertz CT molecular complexity index is 1010. The molecule has 2 aliphatic heterocycles. The van der Waals surface area contributed by atoms with E-state index in [0.717, 1.165) is 61.3 Å². The Labute approximate surface area is 187 Å². The average Bonchev–Trinajstić information content (AvgIpc) is 3.50. The first-order valence-corrected chi connectivity index (χ1v) is 11.9. The number of amides is 1. The van der Waals surface area contributed by atoms with E-state index in [1.807, 2.05) is 11.6 Å². The molecule has 0 bridgehead atoms. The van der Waals surface area contributed by atoms with Crippen molar-refractivity contribution in [2.45, 2.75) is 69.6 Å². The Morgan fingerprint density at radius 3 is 2.81 bits per heavy atom. The van der Waals surface area contributed by atoms with Crippen molar-refractivity contribution in [2.75, 3.05) is 33.0 Å². The van der Waals surface area contributed by atoms with Gasteiger partial charge in [0.05, 0.1) is 38.2 Å². The topological polar surface area (TPSA) is 87.8 Å². The van der Waals surface area contributed by atoms with Gasteiger partial charge in [0.1, 0.15) is 11.9 Å². The SMILES string of the molecule is Cc1c(C(=O)NC[C@@H]2CCCO2)oc2c1-c1nn(C[C@H]3COCCO3)cc1C1(CCC1)C2. The number of hydrogen-bond acceptors (Lipinski definition) is 6. The lowest BCUT2D eigenvalue weighted by atomic mass is 9.59. The van der Waals surface area contributed by atoms with Gasteiger partial charge in [-0.15, -0.1) is 0 Å². The molecule has 4 aliphatic rings. The molecule has 8 heteroatoms. The van der Waals surface area contributed by atoms with Gasteiger partial charge in [-0.25, -0.2) is 0 Å². The van der Waals surface area contributed by atoms with Crippen LogP contribution in [0.15, 0.2) is 10.6 Å². The zero-order valence-electron chi connectivity index (χ0n) is 18.7. The minimum absolute atomic E-state index is 0.0199. The van der Waals surface area contributed by atoms with Crippen LogP contribution < -0.4 is 5.32 Å². The quantitative estimate of drug-likeness (QED) is 0.768. The molecule has 2 aliphatic carbocycles. The lowest BCUT2D eigenvalue weighted by Crippen LogP contribution is -2.38. The molecule has 4 heterocycles. The van der Waals surface area contributed by atoms with Crippen LogP contribution in [0.1, 0.15) is 59.5 Å². The molecule has 0 radical (unpaired) electrons. The number of carbonyl (C=O) groups excluding carboxylic acids is 1. The summed E-state index contributed by atoms with van der Waals surface area (Å²) in [6, 6.07) is 0. The number of furan rings is 1. The smallest absolute Gasteiger partial charge is 0.287 e.